The van der Waals surface area contributed by atoms with E-state index < -0.39 is 0 Å². The lowest BCUT2D eigenvalue weighted by Gasteiger charge is -2.52. The molecule has 0 radical (unpaired) electrons. The van der Waals surface area contributed by atoms with Gasteiger partial charge in [0.2, 0.25) is 0 Å². The first kappa shape index (κ1) is 18.8. The van der Waals surface area contributed by atoms with Crippen LogP contribution in [0.4, 0.5) is 0 Å². The van der Waals surface area contributed by atoms with Crippen molar-refractivity contribution in [3.8, 4) is 0 Å². The molecule has 3 aliphatic rings. The molecule has 29 heavy (non-hydrogen) atoms. The minimum absolute atomic E-state index is 0.185. The Morgan fingerprint density at radius 3 is 1.62 bits per heavy atom. The van der Waals surface area contributed by atoms with Gasteiger partial charge in [-0.2, -0.15) is 0 Å². The summed E-state index contributed by atoms with van der Waals surface area (Å²) in [5.74, 6) is 1.52. The predicted octanol–water partition coefficient (Wildman–Crippen LogP) is 7.66. The molecule has 0 unspecified atom stereocenters. The number of benzene rings is 3. The summed E-state index contributed by atoms with van der Waals surface area (Å²) in [6.07, 6.45) is 2.49. The van der Waals surface area contributed by atoms with E-state index in [-0.39, 0.29) is 5.41 Å². The van der Waals surface area contributed by atoms with Crippen LogP contribution in [0.5, 0.6) is 0 Å². The SMILES string of the molecule is CCCCSC(=C(C)C)C12c3ccccc3C(c3ccccc31)c1ccccc12. The maximum absolute atomic E-state index is 2.39. The first-order valence-corrected chi connectivity index (χ1v) is 11.8. The van der Waals surface area contributed by atoms with Gasteiger partial charge in [-0.15, -0.1) is 11.8 Å². The van der Waals surface area contributed by atoms with E-state index in [0.717, 1.165) is 0 Å². The molecule has 0 fully saturated rings. The van der Waals surface area contributed by atoms with Gasteiger partial charge in [0.25, 0.3) is 0 Å². The van der Waals surface area contributed by atoms with Crippen LogP contribution in [0.25, 0.3) is 0 Å². The van der Waals surface area contributed by atoms with Crippen molar-refractivity contribution in [2.75, 3.05) is 5.75 Å². The second-order valence-electron chi connectivity index (χ2n) is 8.48. The normalized spacial score (nSPS) is 20.6. The molecule has 0 saturated heterocycles. The van der Waals surface area contributed by atoms with Gasteiger partial charge in [-0.3, -0.25) is 0 Å². The van der Waals surface area contributed by atoms with Crippen molar-refractivity contribution in [2.24, 2.45) is 0 Å². The number of allylic oxidation sites excluding steroid dienone is 2. The van der Waals surface area contributed by atoms with Gasteiger partial charge in [-0.05, 0) is 59.4 Å². The molecule has 0 heterocycles. The minimum atomic E-state index is -0.185. The molecular weight excluding hydrogens is 368 g/mol. The van der Waals surface area contributed by atoms with Gasteiger partial charge in [0, 0.05) is 10.8 Å². The van der Waals surface area contributed by atoms with Crippen molar-refractivity contribution in [3.05, 3.63) is 117 Å². The lowest BCUT2D eigenvalue weighted by Crippen LogP contribution is -2.43. The molecule has 0 aliphatic heterocycles. The maximum Gasteiger partial charge on any atom is 0.0768 e. The van der Waals surface area contributed by atoms with E-state index >= 15 is 0 Å². The number of unbranched alkanes of at least 4 members (excludes halogenated alkanes) is 1. The van der Waals surface area contributed by atoms with Crippen LogP contribution in [0.2, 0.25) is 0 Å². The van der Waals surface area contributed by atoms with E-state index in [1.165, 1.54) is 62.5 Å². The zero-order chi connectivity index (χ0) is 20.0. The summed E-state index contributed by atoms with van der Waals surface area (Å²) in [7, 11) is 0. The van der Waals surface area contributed by atoms with Crippen molar-refractivity contribution >= 4 is 11.8 Å². The summed E-state index contributed by atoms with van der Waals surface area (Å²) in [6.45, 7) is 6.89. The van der Waals surface area contributed by atoms with E-state index in [9.17, 15) is 0 Å². The molecule has 0 spiro atoms. The van der Waals surface area contributed by atoms with E-state index in [4.69, 9.17) is 0 Å². The van der Waals surface area contributed by atoms with Crippen molar-refractivity contribution in [3.63, 3.8) is 0 Å². The fraction of sp³-hybridized carbons (Fsp3) is 0.286. The molecule has 0 amide bonds. The fourth-order valence-corrected chi connectivity index (χ4v) is 6.99. The van der Waals surface area contributed by atoms with Crippen molar-refractivity contribution in [2.45, 2.75) is 44.9 Å². The average molecular weight is 397 g/mol. The third-order valence-electron chi connectivity index (χ3n) is 6.57. The molecule has 0 atom stereocenters. The number of hydrogen-bond donors (Lipinski definition) is 0. The Morgan fingerprint density at radius 1 is 0.759 bits per heavy atom. The summed E-state index contributed by atoms with van der Waals surface area (Å²) < 4.78 is 0. The van der Waals surface area contributed by atoms with Crippen molar-refractivity contribution in [1.29, 1.82) is 0 Å². The quantitative estimate of drug-likeness (QED) is 0.399. The molecule has 2 bridgehead atoms. The second kappa shape index (κ2) is 7.22. The zero-order valence-electron chi connectivity index (χ0n) is 17.5. The number of rotatable bonds is 5. The smallest absolute Gasteiger partial charge is 0.0768 e. The Bertz CT molecular complexity index is 985. The van der Waals surface area contributed by atoms with Gasteiger partial charge in [0.05, 0.1) is 5.41 Å². The molecular formula is C28H28S. The highest BCUT2D eigenvalue weighted by Gasteiger charge is 2.53. The first-order chi connectivity index (χ1) is 14.2. The summed E-state index contributed by atoms with van der Waals surface area (Å²) in [5.41, 5.74) is 10.2. The van der Waals surface area contributed by atoms with E-state index in [2.05, 4.69) is 105 Å². The molecule has 146 valence electrons. The number of thioether (sulfide) groups is 1. The second-order valence-corrected chi connectivity index (χ2v) is 9.58. The van der Waals surface area contributed by atoms with Crippen LogP contribution in [-0.4, -0.2) is 5.75 Å². The molecule has 6 rings (SSSR count). The maximum atomic E-state index is 2.39. The van der Waals surface area contributed by atoms with Gasteiger partial charge < -0.3 is 0 Å². The zero-order valence-corrected chi connectivity index (χ0v) is 18.4. The van der Waals surface area contributed by atoms with Crippen LogP contribution in [0.3, 0.4) is 0 Å². The third kappa shape index (κ3) is 2.53. The Balaban J connectivity index is 1.90. The highest BCUT2D eigenvalue weighted by atomic mass is 32.2. The Morgan fingerprint density at radius 2 is 1.21 bits per heavy atom. The van der Waals surface area contributed by atoms with Gasteiger partial charge in [-0.25, -0.2) is 0 Å². The average Bonchev–Trinajstić information content (AvgIpc) is 2.76. The highest BCUT2D eigenvalue weighted by molar-refractivity contribution is 8.03. The predicted molar refractivity (Wildman–Crippen MR) is 126 cm³/mol. The van der Waals surface area contributed by atoms with Crippen molar-refractivity contribution < 1.29 is 0 Å². The van der Waals surface area contributed by atoms with Crippen LogP contribution in [0.15, 0.2) is 83.3 Å². The van der Waals surface area contributed by atoms with Crippen LogP contribution in [-0.2, 0) is 5.41 Å². The standard InChI is InChI=1S/C28H28S/c1-4-5-18-29-27(19(2)3)28-23-15-9-6-12-20(23)26(21-13-7-10-16-24(21)28)22-14-8-11-17-25(22)28/h6-17,26H,4-5,18H2,1-3H3. The molecule has 3 aromatic rings. The van der Waals surface area contributed by atoms with Crippen LogP contribution < -0.4 is 0 Å². The monoisotopic (exact) mass is 396 g/mol. The molecule has 0 aromatic heterocycles. The van der Waals surface area contributed by atoms with Crippen LogP contribution in [0, 0.1) is 0 Å². The molecule has 3 aromatic carbocycles. The first-order valence-electron chi connectivity index (χ1n) is 10.8. The summed E-state index contributed by atoms with van der Waals surface area (Å²) >= 11 is 2.08. The fourth-order valence-electron chi connectivity index (χ4n) is 5.52. The van der Waals surface area contributed by atoms with Crippen LogP contribution >= 0.6 is 11.8 Å². The Kier molecular flexibility index (Phi) is 4.67. The summed E-state index contributed by atoms with van der Waals surface area (Å²) in [4.78, 5) is 1.52. The molecule has 0 saturated carbocycles. The number of hydrogen-bond acceptors (Lipinski definition) is 1. The van der Waals surface area contributed by atoms with Crippen molar-refractivity contribution in [1.82, 2.24) is 0 Å². The van der Waals surface area contributed by atoms with E-state index in [0.29, 0.717) is 5.92 Å². The van der Waals surface area contributed by atoms with Gasteiger partial charge in [-0.1, -0.05) is 91.7 Å². The Hall–Kier alpha value is -2.25. The minimum Gasteiger partial charge on any atom is -0.129 e. The van der Waals surface area contributed by atoms with E-state index in [1.54, 1.807) is 0 Å². The highest BCUT2D eigenvalue weighted by Crippen LogP contribution is 2.63. The summed E-state index contributed by atoms with van der Waals surface area (Å²) in [6, 6.07) is 27.6. The lowest BCUT2D eigenvalue weighted by atomic mass is 9.52. The van der Waals surface area contributed by atoms with Crippen LogP contribution in [0.1, 0.15) is 72.9 Å². The van der Waals surface area contributed by atoms with E-state index in [1.807, 2.05) is 0 Å². The largest absolute Gasteiger partial charge is 0.129 e. The van der Waals surface area contributed by atoms with Gasteiger partial charge in [0.15, 0.2) is 0 Å². The summed E-state index contributed by atoms with van der Waals surface area (Å²) in [5, 5.41) is 0. The third-order valence-corrected chi connectivity index (χ3v) is 8.06. The molecule has 0 nitrogen and oxygen atoms in total. The van der Waals surface area contributed by atoms with Gasteiger partial charge in [0.1, 0.15) is 0 Å². The molecule has 0 N–H and O–H groups in total. The molecule has 1 heteroatoms. The molecule has 3 aliphatic carbocycles. The lowest BCUT2D eigenvalue weighted by molar-refractivity contribution is 0.636. The topological polar surface area (TPSA) is 0 Å². The Labute approximate surface area is 179 Å². The van der Waals surface area contributed by atoms with Gasteiger partial charge >= 0.3 is 0 Å².